The second-order valence-corrected chi connectivity index (χ2v) is 8.36. The maximum Gasteiger partial charge on any atom is 0.307 e. The predicted octanol–water partition coefficient (Wildman–Crippen LogP) is 2.75. The Hall–Kier alpha value is -2.67. The maximum atomic E-state index is 12.4. The van der Waals surface area contributed by atoms with Crippen LogP contribution in [0.25, 0.3) is 0 Å². The normalized spacial score (nSPS) is 12.3. The van der Waals surface area contributed by atoms with Gasteiger partial charge in [0, 0.05) is 12.7 Å². The number of benzene rings is 2. The average molecular weight is 389 g/mol. The average Bonchev–Trinajstić information content (AvgIpc) is 2.66. The molecule has 27 heavy (non-hydrogen) atoms. The summed E-state index contributed by atoms with van der Waals surface area (Å²) in [6, 6.07) is 15.4. The Kier molecular flexibility index (Phi) is 6.74. The lowest BCUT2D eigenvalue weighted by atomic mass is 10.2. The number of ether oxygens (including phenoxy) is 1. The number of carbonyl (C=O) groups is 2. The van der Waals surface area contributed by atoms with Gasteiger partial charge in [0.05, 0.1) is 17.1 Å². The summed E-state index contributed by atoms with van der Waals surface area (Å²) < 4.78 is 29.7. The molecule has 6 nitrogen and oxygen atoms in total. The number of sulfone groups is 1. The molecule has 0 saturated heterocycles. The number of esters is 1. The zero-order valence-corrected chi connectivity index (χ0v) is 16.4. The van der Waals surface area contributed by atoms with Crippen LogP contribution in [0.1, 0.15) is 18.9 Å². The monoisotopic (exact) mass is 389 g/mol. The smallest absolute Gasteiger partial charge is 0.307 e. The van der Waals surface area contributed by atoms with Crippen molar-refractivity contribution in [2.45, 2.75) is 31.3 Å². The van der Waals surface area contributed by atoms with Crippen molar-refractivity contribution in [3.05, 3.63) is 60.2 Å². The van der Waals surface area contributed by atoms with E-state index >= 15 is 0 Å². The van der Waals surface area contributed by atoms with E-state index in [0.717, 1.165) is 5.56 Å². The molecule has 0 aromatic heterocycles. The van der Waals surface area contributed by atoms with E-state index in [1.807, 2.05) is 13.0 Å². The molecule has 144 valence electrons. The molecule has 0 saturated carbocycles. The van der Waals surface area contributed by atoms with Gasteiger partial charge in [0.2, 0.25) is 0 Å². The molecule has 2 aromatic carbocycles. The molecule has 0 spiro atoms. The Bertz CT molecular complexity index is 892. The number of hydrogen-bond acceptors (Lipinski definition) is 5. The minimum atomic E-state index is -3.58. The summed E-state index contributed by atoms with van der Waals surface area (Å²) in [5.41, 5.74) is 1.62. The van der Waals surface area contributed by atoms with Crippen LogP contribution >= 0.6 is 0 Å². The lowest BCUT2D eigenvalue weighted by Crippen LogP contribution is -2.37. The molecule has 0 N–H and O–H groups in total. The second-order valence-electron chi connectivity index (χ2n) is 6.25. The Morgan fingerprint density at radius 2 is 1.63 bits per heavy atom. The molecule has 0 aliphatic rings. The quantitative estimate of drug-likeness (QED) is 0.680. The molecule has 7 heteroatoms. The van der Waals surface area contributed by atoms with Gasteiger partial charge in [-0.1, -0.05) is 35.9 Å². The summed E-state index contributed by atoms with van der Waals surface area (Å²) >= 11 is 0. The van der Waals surface area contributed by atoms with Crippen molar-refractivity contribution in [3.8, 4) is 0 Å². The molecule has 2 aromatic rings. The second kappa shape index (κ2) is 8.81. The van der Waals surface area contributed by atoms with Crippen molar-refractivity contribution in [3.63, 3.8) is 0 Å². The highest BCUT2D eigenvalue weighted by molar-refractivity contribution is 7.91. The minimum Gasteiger partial charge on any atom is -0.452 e. The first kappa shape index (κ1) is 20.6. The van der Waals surface area contributed by atoms with Crippen LogP contribution in [0.15, 0.2) is 59.5 Å². The van der Waals surface area contributed by atoms with Gasteiger partial charge >= 0.3 is 5.97 Å². The number of rotatable bonds is 7. The molecule has 0 bridgehead atoms. The topological polar surface area (TPSA) is 80.7 Å². The molecule has 0 unspecified atom stereocenters. The highest BCUT2D eigenvalue weighted by atomic mass is 32.2. The van der Waals surface area contributed by atoms with Crippen molar-refractivity contribution in [2.75, 3.05) is 17.7 Å². The van der Waals surface area contributed by atoms with Gasteiger partial charge in [-0.25, -0.2) is 8.42 Å². The summed E-state index contributed by atoms with van der Waals surface area (Å²) in [7, 11) is -2.00. The van der Waals surface area contributed by atoms with E-state index in [1.54, 1.807) is 43.4 Å². The summed E-state index contributed by atoms with van der Waals surface area (Å²) in [6.45, 7) is 3.33. The molecule has 0 aliphatic heterocycles. The molecule has 1 amide bonds. The highest BCUT2D eigenvalue weighted by Gasteiger charge is 2.24. The van der Waals surface area contributed by atoms with E-state index < -0.39 is 27.8 Å². The van der Waals surface area contributed by atoms with Crippen LogP contribution in [0.3, 0.4) is 0 Å². The number of para-hydroxylation sites is 1. The van der Waals surface area contributed by atoms with E-state index in [4.69, 9.17) is 4.74 Å². The number of nitrogens with zero attached hydrogens (tertiary/aromatic N) is 1. The fraction of sp³-hybridized carbons (Fsp3) is 0.300. The fourth-order valence-corrected chi connectivity index (χ4v) is 3.66. The van der Waals surface area contributed by atoms with Crippen LogP contribution in [0.5, 0.6) is 0 Å². The number of hydrogen-bond donors (Lipinski definition) is 0. The van der Waals surface area contributed by atoms with Gasteiger partial charge in [0.1, 0.15) is 0 Å². The Morgan fingerprint density at radius 3 is 2.22 bits per heavy atom. The van der Waals surface area contributed by atoms with E-state index in [0.29, 0.717) is 5.69 Å². The van der Waals surface area contributed by atoms with Gasteiger partial charge in [-0.2, -0.15) is 0 Å². The number of amides is 1. The third-order valence-electron chi connectivity index (χ3n) is 4.09. The number of likely N-dealkylation sites (N-methyl/N-ethyl adjacent to an activating group) is 1. The van der Waals surface area contributed by atoms with Crippen LogP contribution in [-0.4, -0.2) is 39.2 Å². The number of anilines is 1. The van der Waals surface area contributed by atoms with Crippen molar-refractivity contribution >= 4 is 27.4 Å². The Labute approximate surface area is 159 Å². The van der Waals surface area contributed by atoms with Gasteiger partial charge in [-0.15, -0.1) is 0 Å². The number of carbonyl (C=O) groups excluding carboxylic acids is 2. The summed E-state index contributed by atoms with van der Waals surface area (Å²) in [6.07, 6.45) is -1.33. The Morgan fingerprint density at radius 1 is 1.04 bits per heavy atom. The first-order valence-electron chi connectivity index (χ1n) is 8.52. The lowest BCUT2D eigenvalue weighted by Gasteiger charge is -2.21. The lowest BCUT2D eigenvalue weighted by molar-refractivity contribution is -0.153. The highest BCUT2D eigenvalue weighted by Crippen LogP contribution is 2.15. The third-order valence-corrected chi connectivity index (χ3v) is 5.82. The zero-order chi connectivity index (χ0) is 20.0. The molecule has 0 aliphatic carbocycles. The van der Waals surface area contributed by atoms with Gasteiger partial charge in [-0.05, 0) is 38.1 Å². The van der Waals surface area contributed by atoms with Crippen molar-refractivity contribution < 1.29 is 22.7 Å². The van der Waals surface area contributed by atoms with Gasteiger partial charge in [0.15, 0.2) is 15.9 Å². The molecule has 0 heterocycles. The first-order valence-corrected chi connectivity index (χ1v) is 10.2. The van der Waals surface area contributed by atoms with E-state index in [9.17, 15) is 18.0 Å². The minimum absolute atomic E-state index is 0.161. The standard InChI is InChI=1S/C20H23NO5S/c1-15-9-11-18(12-10-15)27(24,25)14-13-19(22)26-16(2)20(23)21(3)17-7-5-4-6-8-17/h4-12,16H,13-14H2,1-3H3/t16-/m1/s1. The van der Waals surface area contributed by atoms with Crippen LogP contribution < -0.4 is 4.90 Å². The predicted molar refractivity (Wildman–Crippen MR) is 103 cm³/mol. The zero-order valence-electron chi connectivity index (χ0n) is 15.6. The molecular weight excluding hydrogens is 366 g/mol. The SMILES string of the molecule is Cc1ccc(S(=O)(=O)CCC(=O)O[C@H](C)C(=O)N(C)c2ccccc2)cc1. The van der Waals surface area contributed by atoms with Crippen LogP contribution in [0.4, 0.5) is 5.69 Å². The molecule has 0 fully saturated rings. The molecule has 2 rings (SSSR count). The molecule has 1 atom stereocenters. The van der Waals surface area contributed by atoms with Crippen molar-refractivity contribution in [2.24, 2.45) is 0 Å². The van der Waals surface area contributed by atoms with Crippen molar-refractivity contribution in [1.82, 2.24) is 0 Å². The fourth-order valence-electron chi connectivity index (χ4n) is 2.44. The third kappa shape index (κ3) is 5.65. The van der Waals surface area contributed by atoms with Crippen molar-refractivity contribution in [1.29, 1.82) is 0 Å². The van der Waals surface area contributed by atoms with Crippen LogP contribution in [0, 0.1) is 6.92 Å². The van der Waals surface area contributed by atoms with Gasteiger partial charge in [-0.3, -0.25) is 9.59 Å². The van der Waals surface area contributed by atoms with Crippen LogP contribution in [-0.2, 0) is 24.2 Å². The first-order chi connectivity index (χ1) is 12.7. The van der Waals surface area contributed by atoms with E-state index in [2.05, 4.69) is 0 Å². The Balaban J connectivity index is 1.91. The maximum absolute atomic E-state index is 12.4. The molecule has 0 radical (unpaired) electrons. The number of aryl methyl sites for hydroxylation is 1. The van der Waals surface area contributed by atoms with E-state index in [1.165, 1.54) is 24.0 Å². The van der Waals surface area contributed by atoms with Gasteiger partial charge in [0.25, 0.3) is 5.91 Å². The van der Waals surface area contributed by atoms with Gasteiger partial charge < -0.3 is 9.64 Å². The summed E-state index contributed by atoms with van der Waals surface area (Å²) in [4.78, 5) is 25.9. The largest absolute Gasteiger partial charge is 0.452 e. The summed E-state index contributed by atoms with van der Waals surface area (Å²) in [5.74, 6) is -1.49. The summed E-state index contributed by atoms with van der Waals surface area (Å²) in [5, 5.41) is 0. The van der Waals surface area contributed by atoms with Crippen LogP contribution in [0.2, 0.25) is 0 Å². The van der Waals surface area contributed by atoms with E-state index in [-0.39, 0.29) is 17.1 Å². The molecular formula is C20H23NO5S.